The van der Waals surface area contributed by atoms with E-state index < -0.39 is 20.7 Å². The van der Waals surface area contributed by atoms with Gasteiger partial charge in [0.05, 0.1) is 58.7 Å². The van der Waals surface area contributed by atoms with Gasteiger partial charge in [0, 0.05) is 32.8 Å². The second kappa shape index (κ2) is 57.8. The van der Waals surface area contributed by atoms with Gasteiger partial charge in [-0.15, -0.1) is 0 Å². The molecule has 0 rings (SSSR count). The van der Waals surface area contributed by atoms with Crippen LogP contribution in [0.15, 0.2) is 0 Å². The fraction of sp³-hybridized carbons (Fsp3) is 0.964. The monoisotopic (exact) mass is 1000 g/mol. The van der Waals surface area contributed by atoms with Crippen LogP contribution in [0.2, 0.25) is 0 Å². The highest BCUT2D eigenvalue weighted by molar-refractivity contribution is 7.44. The van der Waals surface area contributed by atoms with Crippen molar-refractivity contribution in [3.8, 4) is 6.07 Å². The minimum atomic E-state index is -1.43. The lowest BCUT2D eigenvalue weighted by molar-refractivity contribution is -0.0470. The Morgan fingerprint density at radius 2 is 0.971 bits per heavy atom. The second-order valence-electron chi connectivity index (χ2n) is 19.2. The van der Waals surface area contributed by atoms with E-state index in [0.29, 0.717) is 46.2 Å². The average Bonchev–Trinajstić information content (AvgIpc) is 3.36. The number of nitrogens with zero attached hydrogens (tertiary/aromatic N) is 2. The standard InChI is InChI=1S/C56H112N3O9P/c1-5-9-11-13-15-17-19-21-23-25-27-29-31-33-35-37-44-63-52-55(65-45-38-36-34-32-30-28-26-24-22-20-18-16-14-12-10-6-2)53-66-56(61)58-41-47-62-48-49-64-51-54(50-60)68-69(67-46-39-40-57)59(42-7-3)43-8-4/h54-55,60H,5-39,41-53H2,1-4H3,(H,58,61)/i60D. The number of carbonyl (C=O) groups excluding carboxylic acids is 1. The number of unbranched alkanes of at least 4 members (excludes halogenated alkanes) is 30. The maximum Gasteiger partial charge on any atom is 0.407 e. The first kappa shape index (κ1) is 65.9. The van der Waals surface area contributed by atoms with Crippen molar-refractivity contribution in [2.24, 2.45) is 0 Å². The van der Waals surface area contributed by atoms with Crippen LogP contribution in [0.1, 0.15) is 252 Å². The van der Waals surface area contributed by atoms with E-state index in [9.17, 15) is 4.79 Å². The summed E-state index contributed by atoms with van der Waals surface area (Å²) < 4.78 is 51.0. The van der Waals surface area contributed by atoms with E-state index in [0.717, 1.165) is 45.2 Å². The molecule has 3 atom stereocenters. The van der Waals surface area contributed by atoms with Gasteiger partial charge in [-0.05, 0) is 25.7 Å². The van der Waals surface area contributed by atoms with Crippen LogP contribution in [-0.4, -0.2) is 115 Å². The van der Waals surface area contributed by atoms with Gasteiger partial charge < -0.3 is 43.2 Å². The number of hydrogen-bond donors (Lipinski definition) is 2. The van der Waals surface area contributed by atoms with E-state index in [1.54, 1.807) is 0 Å². The van der Waals surface area contributed by atoms with E-state index in [4.69, 9.17) is 39.4 Å². The van der Waals surface area contributed by atoms with E-state index in [1.807, 2.05) is 0 Å². The van der Waals surface area contributed by atoms with Crippen molar-refractivity contribution < 1.29 is 42.6 Å². The Kier molecular flexibility index (Phi) is 55.2. The summed E-state index contributed by atoms with van der Waals surface area (Å²) >= 11 is 0. The molecule has 3 unspecified atom stereocenters. The molecule has 0 aliphatic heterocycles. The van der Waals surface area contributed by atoms with E-state index in [-0.39, 0.29) is 39.0 Å². The lowest BCUT2D eigenvalue weighted by Crippen LogP contribution is -2.33. The summed E-state index contributed by atoms with van der Waals surface area (Å²) in [7, 11) is -1.43. The number of rotatable bonds is 59. The zero-order chi connectivity index (χ0) is 50.9. The second-order valence-corrected chi connectivity index (χ2v) is 20.7. The molecular weight excluding hydrogens is 890 g/mol. The van der Waals surface area contributed by atoms with Crippen molar-refractivity contribution in [1.29, 1.82) is 6.69 Å². The zero-order valence-electron chi connectivity index (χ0n) is 46.6. The SMILES string of the molecule is [2H]OCC(COCCOCCNC(=O)OCC(COCCCCCCCCCCCCCCCCCC)OCCCCCCCCCCCCCCCCCC)OP(OCCC#N)N(CCC)CCC. The first-order chi connectivity index (χ1) is 34.6. The summed E-state index contributed by atoms with van der Waals surface area (Å²) in [6, 6.07) is 2.11. The minimum Gasteiger partial charge on any atom is -0.447 e. The fourth-order valence-electron chi connectivity index (χ4n) is 8.27. The Labute approximate surface area is 428 Å². The maximum atomic E-state index is 12.6. The number of aliphatic hydroxyl groups excluding tert-OH is 1. The normalized spacial score (nSPS) is 13.1. The number of carbonyl (C=O) groups is 1. The largest absolute Gasteiger partial charge is 0.447 e. The van der Waals surface area contributed by atoms with Gasteiger partial charge in [-0.3, -0.25) is 0 Å². The van der Waals surface area contributed by atoms with Crippen molar-refractivity contribution >= 4 is 14.6 Å². The molecule has 0 spiro atoms. The van der Waals surface area contributed by atoms with Crippen LogP contribution in [0.4, 0.5) is 4.79 Å². The summed E-state index contributed by atoms with van der Waals surface area (Å²) in [6.45, 7) is 14.0. The highest BCUT2D eigenvalue weighted by atomic mass is 31.2. The topological polar surface area (TPSA) is 141 Å². The molecule has 1 amide bonds. The van der Waals surface area contributed by atoms with Gasteiger partial charge in [0.25, 0.3) is 8.53 Å². The Morgan fingerprint density at radius 3 is 1.43 bits per heavy atom. The van der Waals surface area contributed by atoms with Crippen LogP contribution >= 0.6 is 8.53 Å². The van der Waals surface area contributed by atoms with E-state index >= 15 is 0 Å². The quantitative estimate of drug-likeness (QED) is 0.0444. The van der Waals surface area contributed by atoms with Gasteiger partial charge in [0.15, 0.2) is 0 Å². The number of hydrogen-bond acceptors (Lipinski definition) is 11. The number of ether oxygens (including phenoxy) is 5. The van der Waals surface area contributed by atoms with Crippen molar-refractivity contribution in [2.45, 2.75) is 265 Å². The van der Waals surface area contributed by atoms with Crippen molar-refractivity contribution in [3.05, 3.63) is 0 Å². The van der Waals surface area contributed by atoms with E-state index in [2.05, 4.69) is 48.9 Å². The Bertz CT molecular complexity index is 1080. The lowest BCUT2D eigenvalue weighted by atomic mass is 10.0. The van der Waals surface area contributed by atoms with Crippen LogP contribution < -0.4 is 5.32 Å². The fourth-order valence-corrected chi connectivity index (χ4v) is 9.98. The number of alkyl carbamates (subject to hydrolysis) is 1. The lowest BCUT2D eigenvalue weighted by Gasteiger charge is -2.31. The molecule has 12 nitrogen and oxygen atoms in total. The van der Waals surface area contributed by atoms with Crippen LogP contribution in [0, 0.1) is 11.3 Å². The molecule has 410 valence electrons. The smallest absolute Gasteiger partial charge is 0.407 e. The molecule has 0 aromatic rings. The Morgan fingerprint density at radius 1 is 0.536 bits per heavy atom. The van der Waals surface area contributed by atoms with Crippen LogP contribution in [0.5, 0.6) is 0 Å². The predicted octanol–water partition coefficient (Wildman–Crippen LogP) is 15.3. The molecule has 69 heavy (non-hydrogen) atoms. The number of nitriles is 1. The van der Waals surface area contributed by atoms with Gasteiger partial charge >= 0.3 is 6.09 Å². The average molecular weight is 1000 g/mol. The number of amides is 1. The number of aliphatic hydroxyl groups is 1. The Hall–Kier alpha value is -1.13. The third kappa shape index (κ3) is 50.2. The predicted molar refractivity (Wildman–Crippen MR) is 288 cm³/mol. The minimum absolute atomic E-state index is 0.0244. The summed E-state index contributed by atoms with van der Waals surface area (Å²) in [6.07, 6.45) is 43.7. The molecule has 0 aliphatic rings. The molecule has 0 saturated carbocycles. The van der Waals surface area contributed by atoms with Crippen LogP contribution in [-0.2, 0) is 32.7 Å². The first-order valence-corrected chi connectivity index (χ1v) is 30.2. The molecule has 2 N–H and O–H groups in total. The number of nitrogens with one attached hydrogen (secondary N) is 1. The van der Waals surface area contributed by atoms with E-state index in [1.165, 1.54) is 186 Å². The molecule has 13 heteroatoms. The molecule has 0 bridgehead atoms. The summed E-state index contributed by atoms with van der Waals surface area (Å²) in [5.41, 5.74) is 0. The highest BCUT2D eigenvalue weighted by Crippen LogP contribution is 2.44. The van der Waals surface area contributed by atoms with Gasteiger partial charge in [0.1, 0.15) is 18.8 Å². The molecule has 0 fully saturated rings. The molecule has 0 radical (unpaired) electrons. The van der Waals surface area contributed by atoms with Gasteiger partial charge in [-0.25, -0.2) is 9.46 Å². The van der Waals surface area contributed by atoms with Gasteiger partial charge in [-0.1, -0.05) is 220 Å². The molecule has 0 aromatic heterocycles. The third-order valence-corrected chi connectivity index (χ3v) is 14.2. The zero-order valence-corrected chi connectivity index (χ0v) is 46.5. The summed E-state index contributed by atoms with van der Waals surface area (Å²) in [5, 5.41) is 16.4. The molecule has 0 heterocycles. The van der Waals surface area contributed by atoms with Crippen molar-refractivity contribution in [2.75, 3.05) is 85.7 Å². The molecule has 0 aromatic carbocycles. The van der Waals surface area contributed by atoms with Gasteiger partial charge in [-0.2, -0.15) is 5.26 Å². The maximum absolute atomic E-state index is 12.6. The highest BCUT2D eigenvalue weighted by Gasteiger charge is 2.25. The first-order valence-electron chi connectivity index (χ1n) is 29.5. The summed E-state index contributed by atoms with van der Waals surface area (Å²) in [5.74, 6) is 0. The third-order valence-electron chi connectivity index (χ3n) is 12.4. The van der Waals surface area contributed by atoms with Crippen LogP contribution in [0.3, 0.4) is 0 Å². The van der Waals surface area contributed by atoms with Crippen molar-refractivity contribution in [3.63, 3.8) is 0 Å². The molecule has 0 saturated heterocycles. The molecular formula is C56H112N3O9P. The Balaban J connectivity index is 4.47. The van der Waals surface area contributed by atoms with Crippen molar-refractivity contribution in [1.82, 2.24) is 9.99 Å². The van der Waals surface area contributed by atoms with Gasteiger partial charge in [0.2, 0.25) is 1.43 Å². The molecule has 0 aliphatic carbocycles. The van der Waals surface area contributed by atoms with Crippen LogP contribution in [0.25, 0.3) is 0 Å². The summed E-state index contributed by atoms with van der Waals surface area (Å²) in [4.78, 5) is 12.6.